The second-order valence-electron chi connectivity index (χ2n) is 2.64. The number of aliphatic carboxylic acids is 1. The summed E-state index contributed by atoms with van der Waals surface area (Å²) in [6, 6.07) is 6.96. The molecule has 0 unspecified atom stereocenters. The van der Waals surface area contributed by atoms with Crippen molar-refractivity contribution in [1.82, 2.24) is 0 Å². The molecule has 5 heteroatoms. The number of hydrogen-bond donors (Lipinski definition) is 1. The maximum Gasteiger partial charge on any atom is 0.341 e. The van der Waals surface area contributed by atoms with Gasteiger partial charge in [-0.1, -0.05) is 17.3 Å². The number of carbonyl (C=O) groups is 1. The van der Waals surface area contributed by atoms with Crippen LogP contribution >= 0.6 is 0 Å². The number of carboxylic acid groups (broad SMARTS) is 1. The molecule has 0 bridgehead atoms. The van der Waals surface area contributed by atoms with Gasteiger partial charge in [-0.3, -0.25) is 0 Å². The maximum absolute atomic E-state index is 10.3. The molecular weight excluding hydrogens is 198 g/mol. The lowest BCUT2D eigenvalue weighted by molar-refractivity contribution is -0.139. The summed E-state index contributed by atoms with van der Waals surface area (Å²) < 4.78 is 5.05. The van der Waals surface area contributed by atoms with Gasteiger partial charge in [0.1, 0.15) is 12.9 Å². The number of oxime groups is 1. The van der Waals surface area contributed by atoms with E-state index in [1.54, 1.807) is 24.3 Å². The number of para-hydroxylation sites is 1. The molecule has 1 N–H and O–H groups in total. The second kappa shape index (κ2) is 5.64. The highest BCUT2D eigenvalue weighted by molar-refractivity contribution is 5.83. The van der Waals surface area contributed by atoms with Gasteiger partial charge >= 0.3 is 5.97 Å². The molecule has 0 aliphatic carbocycles. The predicted octanol–water partition coefficient (Wildman–Crippen LogP) is 1.13. The van der Waals surface area contributed by atoms with Crippen LogP contribution in [-0.4, -0.2) is 31.0 Å². The number of nitrogens with zero attached hydrogens (tertiary/aromatic N) is 1. The third kappa shape index (κ3) is 3.68. The summed E-state index contributed by atoms with van der Waals surface area (Å²) in [6.45, 7) is -0.377. The van der Waals surface area contributed by atoms with Gasteiger partial charge in [0, 0.05) is 5.56 Å². The Kier molecular flexibility index (Phi) is 4.15. The minimum Gasteiger partial charge on any atom is -0.481 e. The number of rotatable bonds is 5. The Hall–Kier alpha value is -2.04. The highest BCUT2D eigenvalue weighted by Gasteiger charge is 2.03. The maximum atomic E-state index is 10.3. The molecule has 15 heavy (non-hydrogen) atoms. The topological polar surface area (TPSA) is 68.1 Å². The molecule has 0 atom stereocenters. The van der Waals surface area contributed by atoms with Crippen LogP contribution in [0, 0.1) is 0 Å². The van der Waals surface area contributed by atoms with Crippen LogP contribution in [0.5, 0.6) is 5.75 Å². The van der Waals surface area contributed by atoms with Gasteiger partial charge in [-0.15, -0.1) is 0 Å². The van der Waals surface area contributed by atoms with Gasteiger partial charge in [-0.05, 0) is 12.1 Å². The average molecular weight is 209 g/mol. The minimum atomic E-state index is -1.02. The van der Waals surface area contributed by atoms with Crippen molar-refractivity contribution in [2.24, 2.45) is 5.16 Å². The smallest absolute Gasteiger partial charge is 0.341 e. The molecule has 0 saturated heterocycles. The first-order valence-corrected chi connectivity index (χ1v) is 4.24. The first-order chi connectivity index (χ1) is 7.24. The molecule has 0 saturated carbocycles. The minimum absolute atomic E-state index is 0.377. The van der Waals surface area contributed by atoms with Gasteiger partial charge < -0.3 is 14.7 Å². The van der Waals surface area contributed by atoms with Gasteiger partial charge in [0.05, 0.1) is 6.21 Å². The van der Waals surface area contributed by atoms with E-state index in [1.807, 2.05) is 0 Å². The number of hydrogen-bond acceptors (Lipinski definition) is 4. The summed E-state index contributed by atoms with van der Waals surface area (Å²) in [7, 11) is 1.43. The van der Waals surface area contributed by atoms with Crippen LogP contribution in [0.3, 0.4) is 0 Å². The monoisotopic (exact) mass is 209 g/mol. The Morgan fingerprint density at radius 1 is 1.53 bits per heavy atom. The quantitative estimate of drug-likeness (QED) is 0.583. The van der Waals surface area contributed by atoms with E-state index in [0.717, 1.165) is 0 Å². The van der Waals surface area contributed by atoms with Crippen LogP contribution in [-0.2, 0) is 9.63 Å². The normalized spacial score (nSPS) is 10.2. The molecule has 0 aromatic heterocycles. The summed E-state index contributed by atoms with van der Waals surface area (Å²) >= 11 is 0. The van der Waals surface area contributed by atoms with Gasteiger partial charge in [-0.2, -0.15) is 0 Å². The lowest BCUT2D eigenvalue weighted by Gasteiger charge is -2.05. The van der Waals surface area contributed by atoms with E-state index in [4.69, 9.17) is 9.84 Å². The fourth-order valence-electron chi connectivity index (χ4n) is 0.968. The predicted molar refractivity (Wildman–Crippen MR) is 54.2 cm³/mol. The number of ether oxygens (including phenoxy) is 1. The molecule has 0 heterocycles. The molecule has 0 amide bonds. The molecule has 1 rings (SSSR count). The van der Waals surface area contributed by atoms with E-state index in [0.29, 0.717) is 11.3 Å². The first-order valence-electron chi connectivity index (χ1n) is 4.24. The molecule has 5 nitrogen and oxygen atoms in total. The molecule has 80 valence electrons. The average Bonchev–Trinajstić information content (AvgIpc) is 2.24. The van der Waals surface area contributed by atoms with Crippen molar-refractivity contribution >= 4 is 12.2 Å². The van der Waals surface area contributed by atoms with Crippen molar-refractivity contribution < 1.29 is 19.5 Å². The standard InChI is InChI=1S/C10H11NO4/c1-14-11-6-8-4-2-3-5-9(8)15-7-10(12)13/h2-6H,7H2,1H3,(H,12,13)/b11-6+. The summed E-state index contributed by atoms with van der Waals surface area (Å²) in [5.41, 5.74) is 0.667. The molecular formula is C10H11NO4. The van der Waals surface area contributed by atoms with E-state index in [1.165, 1.54) is 13.3 Å². The van der Waals surface area contributed by atoms with Crippen molar-refractivity contribution in [3.8, 4) is 5.75 Å². The Morgan fingerprint density at radius 2 is 2.27 bits per heavy atom. The van der Waals surface area contributed by atoms with Gasteiger partial charge in [0.2, 0.25) is 0 Å². The highest BCUT2D eigenvalue weighted by atomic mass is 16.6. The first kappa shape index (κ1) is 11.0. The van der Waals surface area contributed by atoms with Crippen LogP contribution in [0.4, 0.5) is 0 Å². The van der Waals surface area contributed by atoms with E-state index >= 15 is 0 Å². The zero-order valence-electron chi connectivity index (χ0n) is 8.21. The van der Waals surface area contributed by atoms with Crippen LogP contribution in [0.1, 0.15) is 5.56 Å². The van der Waals surface area contributed by atoms with Crippen LogP contribution in [0.25, 0.3) is 0 Å². The number of carboxylic acids is 1. The molecule has 0 aliphatic rings. The third-order valence-electron chi connectivity index (χ3n) is 1.57. The largest absolute Gasteiger partial charge is 0.481 e. The van der Waals surface area contributed by atoms with Crippen LogP contribution in [0.2, 0.25) is 0 Å². The zero-order valence-corrected chi connectivity index (χ0v) is 8.21. The van der Waals surface area contributed by atoms with Crippen LogP contribution < -0.4 is 4.74 Å². The Morgan fingerprint density at radius 3 is 2.93 bits per heavy atom. The SMILES string of the molecule is CO/N=C/c1ccccc1OCC(=O)O. The molecule has 0 radical (unpaired) electrons. The summed E-state index contributed by atoms with van der Waals surface area (Å²) in [6.07, 6.45) is 1.46. The van der Waals surface area contributed by atoms with E-state index < -0.39 is 5.97 Å². The fraction of sp³-hybridized carbons (Fsp3) is 0.200. The van der Waals surface area contributed by atoms with Gasteiger partial charge in [-0.25, -0.2) is 4.79 Å². The lowest BCUT2D eigenvalue weighted by Crippen LogP contribution is -2.10. The molecule has 0 spiro atoms. The zero-order chi connectivity index (χ0) is 11.1. The lowest BCUT2D eigenvalue weighted by atomic mass is 10.2. The van der Waals surface area contributed by atoms with E-state index in [9.17, 15) is 4.79 Å². The van der Waals surface area contributed by atoms with Crippen molar-refractivity contribution in [1.29, 1.82) is 0 Å². The van der Waals surface area contributed by atoms with Crippen molar-refractivity contribution in [3.05, 3.63) is 29.8 Å². The summed E-state index contributed by atoms with van der Waals surface area (Å²) in [4.78, 5) is 14.8. The van der Waals surface area contributed by atoms with Crippen molar-refractivity contribution in [3.63, 3.8) is 0 Å². The van der Waals surface area contributed by atoms with Crippen molar-refractivity contribution in [2.45, 2.75) is 0 Å². The van der Waals surface area contributed by atoms with Crippen LogP contribution in [0.15, 0.2) is 29.4 Å². The molecule has 1 aromatic rings. The van der Waals surface area contributed by atoms with Gasteiger partial charge in [0.25, 0.3) is 0 Å². The summed E-state index contributed by atoms with van der Waals surface area (Å²) in [5, 5.41) is 12.0. The molecule has 0 aliphatic heterocycles. The molecule has 1 aromatic carbocycles. The van der Waals surface area contributed by atoms with Gasteiger partial charge in [0.15, 0.2) is 6.61 Å². The Balaban J connectivity index is 2.76. The molecule has 0 fully saturated rings. The third-order valence-corrected chi connectivity index (χ3v) is 1.57. The second-order valence-corrected chi connectivity index (χ2v) is 2.64. The Bertz CT molecular complexity index is 362. The van der Waals surface area contributed by atoms with E-state index in [-0.39, 0.29) is 6.61 Å². The summed E-state index contributed by atoms with van der Waals surface area (Å²) in [5.74, 6) is -0.561. The fourth-order valence-corrected chi connectivity index (χ4v) is 0.968. The Labute approximate surface area is 86.9 Å². The van der Waals surface area contributed by atoms with E-state index in [2.05, 4.69) is 9.99 Å². The highest BCUT2D eigenvalue weighted by Crippen LogP contribution is 2.15. The number of benzene rings is 1. The van der Waals surface area contributed by atoms with Crippen molar-refractivity contribution in [2.75, 3.05) is 13.7 Å².